The third-order valence-corrected chi connectivity index (χ3v) is 2.21. The van der Waals surface area contributed by atoms with Gasteiger partial charge in [-0.25, -0.2) is 4.57 Å². The Morgan fingerprint density at radius 1 is 1.40 bits per heavy atom. The van der Waals surface area contributed by atoms with E-state index >= 15 is 0 Å². The van der Waals surface area contributed by atoms with Gasteiger partial charge >= 0.3 is 7.60 Å². The molecule has 0 rings (SSSR count). The van der Waals surface area contributed by atoms with Crippen molar-refractivity contribution in [1.29, 1.82) is 0 Å². The van der Waals surface area contributed by atoms with Gasteiger partial charge in [-0.05, 0) is 20.3 Å². The molecule has 0 N–H and O–H groups in total. The van der Waals surface area contributed by atoms with Crippen LogP contribution < -0.4 is 0 Å². The maximum absolute atomic E-state index is 11.0. The molecule has 57 valence electrons. The fourth-order valence-electron chi connectivity index (χ4n) is 0.442. The molecule has 0 aromatic heterocycles. The zero-order valence-electron chi connectivity index (χ0n) is 6.09. The Morgan fingerprint density at radius 3 is 2.00 bits per heavy atom. The summed E-state index contributed by atoms with van der Waals surface area (Å²) in [5.74, 6) is 0. The summed E-state index contributed by atoms with van der Waals surface area (Å²) in [4.78, 5) is 0. The first kappa shape index (κ1) is 9.71. The maximum atomic E-state index is 11.0. The van der Waals surface area contributed by atoms with Gasteiger partial charge in [-0.15, -0.1) is 0 Å². The summed E-state index contributed by atoms with van der Waals surface area (Å²) in [6.07, 6.45) is 6.60. The second-order valence-electron chi connectivity index (χ2n) is 1.44. The molecule has 0 heterocycles. The molecule has 0 aliphatic heterocycles. The highest BCUT2D eigenvalue weighted by Gasteiger charge is 2.18. The van der Waals surface area contributed by atoms with Gasteiger partial charge in [-0.2, -0.15) is 0 Å². The molecule has 0 aromatic rings. The van der Waals surface area contributed by atoms with Crippen molar-refractivity contribution in [2.45, 2.75) is 13.8 Å². The van der Waals surface area contributed by atoms with Crippen LogP contribution in [0.25, 0.3) is 0 Å². The first-order valence-corrected chi connectivity index (χ1v) is 4.56. The van der Waals surface area contributed by atoms with Crippen molar-refractivity contribution in [2.24, 2.45) is 0 Å². The average molecular weight is 161 g/mol. The minimum Gasteiger partial charge on any atom is -0.300 e. The second-order valence-corrected chi connectivity index (χ2v) is 3.18. The van der Waals surface area contributed by atoms with Crippen LogP contribution in [0.5, 0.6) is 0 Å². The summed E-state index contributed by atoms with van der Waals surface area (Å²) in [6, 6.07) is 0. The molecule has 1 radical (unpaired) electrons. The van der Waals surface area contributed by atoms with E-state index in [1.807, 2.05) is 0 Å². The van der Waals surface area contributed by atoms with Crippen LogP contribution in [0.2, 0.25) is 0 Å². The molecule has 10 heavy (non-hydrogen) atoms. The van der Waals surface area contributed by atoms with Gasteiger partial charge in [0.2, 0.25) is 0 Å². The van der Waals surface area contributed by atoms with Gasteiger partial charge in [-0.3, -0.25) is 9.05 Å². The zero-order valence-corrected chi connectivity index (χ0v) is 6.98. The molecule has 0 bridgehead atoms. The first-order chi connectivity index (χ1) is 4.68. The average Bonchev–Trinajstić information content (AvgIpc) is 1.89. The van der Waals surface area contributed by atoms with Crippen molar-refractivity contribution in [3.05, 3.63) is 6.42 Å². The predicted octanol–water partition coefficient (Wildman–Crippen LogP) is 1.80. The Balaban J connectivity index is 4.00. The second kappa shape index (κ2) is 4.51. The third-order valence-electron chi connectivity index (χ3n) is 0.735. The van der Waals surface area contributed by atoms with Crippen molar-refractivity contribution in [3.8, 4) is 5.66 Å². The highest BCUT2D eigenvalue weighted by molar-refractivity contribution is 7.59. The minimum atomic E-state index is -3.28. The van der Waals surface area contributed by atoms with Crippen LogP contribution in [-0.4, -0.2) is 13.2 Å². The standard InChI is InChI=1S/C6H10O3P/c1-4-8-10(7,6-3)9-5-2/h4-5H2,1-2H3. The van der Waals surface area contributed by atoms with Crippen molar-refractivity contribution < 1.29 is 13.6 Å². The monoisotopic (exact) mass is 161 g/mol. The normalized spacial score (nSPS) is 10.9. The van der Waals surface area contributed by atoms with Crippen LogP contribution >= 0.6 is 7.60 Å². The lowest BCUT2D eigenvalue weighted by atomic mass is 10.9. The summed E-state index contributed by atoms with van der Waals surface area (Å²) >= 11 is 0. The van der Waals surface area contributed by atoms with E-state index in [-0.39, 0.29) is 13.2 Å². The maximum Gasteiger partial charge on any atom is 0.406 e. The van der Waals surface area contributed by atoms with E-state index < -0.39 is 7.60 Å². The molecule has 0 saturated heterocycles. The first-order valence-electron chi connectivity index (χ1n) is 3.01. The SMILES string of the molecule is [C]#CP(=O)(OCC)OCC. The van der Waals surface area contributed by atoms with Crippen LogP contribution in [0, 0.1) is 12.1 Å². The molecule has 3 nitrogen and oxygen atoms in total. The molecule has 0 aliphatic carbocycles. The Kier molecular flexibility index (Phi) is 4.38. The molecular formula is C6H10O3P. The molecule has 0 unspecified atom stereocenters. The lowest BCUT2D eigenvalue weighted by molar-refractivity contribution is 0.230. The van der Waals surface area contributed by atoms with Crippen LogP contribution in [0.4, 0.5) is 0 Å². The Hall–Kier alpha value is -0.290. The summed E-state index contributed by atoms with van der Waals surface area (Å²) in [5.41, 5.74) is 1.74. The van der Waals surface area contributed by atoms with Gasteiger partial charge in [0.25, 0.3) is 0 Å². The summed E-state index contributed by atoms with van der Waals surface area (Å²) < 4.78 is 20.3. The van der Waals surface area contributed by atoms with Crippen molar-refractivity contribution >= 4 is 7.60 Å². The largest absolute Gasteiger partial charge is 0.406 e. The van der Waals surface area contributed by atoms with Crippen molar-refractivity contribution in [1.82, 2.24) is 0 Å². The van der Waals surface area contributed by atoms with Gasteiger partial charge in [0.15, 0.2) is 0 Å². The minimum absolute atomic E-state index is 0.267. The molecule has 0 aliphatic rings. The van der Waals surface area contributed by atoms with Crippen molar-refractivity contribution in [2.75, 3.05) is 13.2 Å². The van der Waals surface area contributed by atoms with Crippen LogP contribution in [-0.2, 0) is 13.6 Å². The third kappa shape index (κ3) is 3.03. The fourth-order valence-corrected chi connectivity index (χ4v) is 1.33. The lowest BCUT2D eigenvalue weighted by Crippen LogP contribution is -1.92. The zero-order chi connectivity index (χ0) is 8.04. The van der Waals surface area contributed by atoms with E-state index in [2.05, 4.69) is 9.05 Å². The van der Waals surface area contributed by atoms with Crippen molar-refractivity contribution in [3.63, 3.8) is 0 Å². The quantitative estimate of drug-likeness (QED) is 0.465. The Labute approximate surface area is 61.3 Å². The number of hydrogen-bond acceptors (Lipinski definition) is 3. The van der Waals surface area contributed by atoms with E-state index in [1.165, 1.54) is 0 Å². The lowest BCUT2D eigenvalue weighted by Gasteiger charge is -2.08. The van der Waals surface area contributed by atoms with E-state index in [9.17, 15) is 4.57 Å². The molecule has 0 saturated carbocycles. The van der Waals surface area contributed by atoms with Gasteiger partial charge in [0, 0.05) is 5.66 Å². The van der Waals surface area contributed by atoms with Gasteiger partial charge in [-0.1, -0.05) is 0 Å². The molecule has 4 heteroatoms. The van der Waals surface area contributed by atoms with Crippen LogP contribution in [0.3, 0.4) is 0 Å². The van der Waals surface area contributed by atoms with E-state index in [0.717, 1.165) is 0 Å². The molecular weight excluding hydrogens is 151 g/mol. The Morgan fingerprint density at radius 2 is 1.80 bits per heavy atom. The smallest absolute Gasteiger partial charge is 0.300 e. The summed E-state index contributed by atoms with van der Waals surface area (Å²) in [5, 5.41) is 0. The number of rotatable bonds is 4. The molecule has 0 aromatic carbocycles. The molecule has 0 atom stereocenters. The van der Waals surface area contributed by atoms with Crippen LogP contribution in [0.1, 0.15) is 13.8 Å². The van der Waals surface area contributed by atoms with Crippen LogP contribution in [0.15, 0.2) is 0 Å². The Bertz CT molecular complexity index is 160. The topological polar surface area (TPSA) is 35.5 Å². The molecule has 0 spiro atoms. The summed E-state index contributed by atoms with van der Waals surface area (Å²) in [6.45, 7) is 3.90. The predicted molar refractivity (Wildman–Crippen MR) is 38.0 cm³/mol. The van der Waals surface area contributed by atoms with Gasteiger partial charge in [0.05, 0.1) is 13.2 Å². The van der Waals surface area contributed by atoms with E-state index in [0.29, 0.717) is 0 Å². The molecule has 0 amide bonds. The fraction of sp³-hybridized carbons (Fsp3) is 0.667. The number of hydrogen-bond donors (Lipinski definition) is 0. The van der Waals surface area contributed by atoms with E-state index in [1.54, 1.807) is 19.5 Å². The summed E-state index contributed by atoms with van der Waals surface area (Å²) in [7, 11) is -3.28. The molecule has 0 fully saturated rings. The van der Waals surface area contributed by atoms with Gasteiger partial charge < -0.3 is 0 Å². The van der Waals surface area contributed by atoms with Gasteiger partial charge in [0.1, 0.15) is 0 Å². The highest BCUT2D eigenvalue weighted by atomic mass is 31.2. The highest BCUT2D eigenvalue weighted by Crippen LogP contribution is 2.46. The van der Waals surface area contributed by atoms with E-state index in [4.69, 9.17) is 6.42 Å².